The van der Waals surface area contributed by atoms with E-state index < -0.39 is 19.0 Å². The first kappa shape index (κ1) is 12.3. The average molecular weight is 250 g/mol. The summed E-state index contributed by atoms with van der Waals surface area (Å²) in [5, 5.41) is 0. The summed E-state index contributed by atoms with van der Waals surface area (Å²) >= 11 is 15.4. The molecule has 0 aromatic carbocycles. The minimum atomic E-state index is -3.09. The molecule has 0 aromatic heterocycles. The smallest absolute Gasteiger partial charge is 0.154 e. The fraction of sp³-hybridized carbons (Fsp3) is 1.00. The van der Waals surface area contributed by atoms with Crippen molar-refractivity contribution in [2.24, 2.45) is 0 Å². The van der Waals surface area contributed by atoms with Crippen LogP contribution >= 0.6 is 50.5 Å². The second-order valence-corrected chi connectivity index (χ2v) is 7.50. The van der Waals surface area contributed by atoms with E-state index in [4.69, 9.17) is 0 Å². The lowest BCUT2D eigenvalue weighted by atomic mass is 10.9. The summed E-state index contributed by atoms with van der Waals surface area (Å²) in [6.07, 6.45) is 0. The van der Waals surface area contributed by atoms with Crippen molar-refractivity contribution >= 4 is 60.4 Å². The van der Waals surface area contributed by atoms with Crippen LogP contribution in [0, 0.1) is 0 Å². The Labute approximate surface area is 89.1 Å². The maximum absolute atomic E-state index is 11.1. The van der Waals surface area contributed by atoms with Gasteiger partial charge in [0.15, 0.2) is 9.84 Å². The Morgan fingerprint density at radius 3 is 1.36 bits per heavy atom. The lowest BCUT2D eigenvalue weighted by Gasteiger charge is -2.06. The highest BCUT2D eigenvalue weighted by Crippen LogP contribution is 2.10. The third-order valence-electron chi connectivity index (χ3n) is 0.806. The van der Waals surface area contributed by atoms with Crippen molar-refractivity contribution in [2.45, 2.75) is 9.16 Å². The standard InChI is InChI=1S/C4H10O2S5/c5-11(6,1-3(7)8)2-4(9)10/h3-4,7-10H,1-2H2. The summed E-state index contributed by atoms with van der Waals surface area (Å²) in [5.41, 5.74) is 0. The summed E-state index contributed by atoms with van der Waals surface area (Å²) < 4.78 is 21.3. The van der Waals surface area contributed by atoms with Gasteiger partial charge >= 0.3 is 0 Å². The maximum atomic E-state index is 11.1. The monoisotopic (exact) mass is 250 g/mol. The first-order chi connectivity index (χ1) is 4.83. The molecule has 0 radical (unpaired) electrons. The van der Waals surface area contributed by atoms with Crippen molar-refractivity contribution in [1.29, 1.82) is 0 Å². The molecule has 0 aliphatic carbocycles. The molecule has 0 amide bonds. The number of thiol groups is 4. The molecule has 0 atom stereocenters. The summed E-state index contributed by atoms with van der Waals surface area (Å²) in [4.78, 5) is 0. The Balaban J connectivity index is 4.03. The highest BCUT2D eigenvalue weighted by Gasteiger charge is 2.16. The Hall–Kier alpha value is 1.35. The molecule has 0 rings (SSSR count). The first-order valence-corrected chi connectivity index (χ1v) is 6.65. The molecule has 0 aliphatic heterocycles. The number of hydrogen-bond donors (Lipinski definition) is 4. The minimum Gasteiger partial charge on any atom is -0.229 e. The van der Waals surface area contributed by atoms with Crippen molar-refractivity contribution in [3.8, 4) is 0 Å². The van der Waals surface area contributed by atoms with Crippen LogP contribution in [-0.4, -0.2) is 29.1 Å². The van der Waals surface area contributed by atoms with Crippen molar-refractivity contribution in [3.05, 3.63) is 0 Å². The van der Waals surface area contributed by atoms with Crippen LogP contribution in [-0.2, 0) is 9.84 Å². The van der Waals surface area contributed by atoms with E-state index in [-0.39, 0.29) is 11.5 Å². The molecule has 0 saturated carbocycles. The molecule has 0 heterocycles. The van der Waals surface area contributed by atoms with Gasteiger partial charge in [-0.3, -0.25) is 0 Å². The number of rotatable bonds is 4. The minimum absolute atomic E-state index is 0.0448. The zero-order chi connectivity index (χ0) is 9.07. The van der Waals surface area contributed by atoms with Crippen LogP contribution in [0.1, 0.15) is 0 Å². The second kappa shape index (κ2) is 5.16. The quantitative estimate of drug-likeness (QED) is 0.439. The number of hydrogen-bond acceptors (Lipinski definition) is 6. The van der Waals surface area contributed by atoms with Gasteiger partial charge in [-0.1, -0.05) is 0 Å². The lowest BCUT2D eigenvalue weighted by Crippen LogP contribution is -2.19. The molecule has 0 aromatic rings. The van der Waals surface area contributed by atoms with Crippen LogP contribution in [0.4, 0.5) is 0 Å². The third-order valence-corrected chi connectivity index (χ3v) is 4.21. The van der Waals surface area contributed by atoms with Crippen LogP contribution in [0.5, 0.6) is 0 Å². The van der Waals surface area contributed by atoms with Crippen LogP contribution in [0.25, 0.3) is 0 Å². The van der Waals surface area contributed by atoms with Gasteiger partial charge in [0.1, 0.15) is 0 Å². The largest absolute Gasteiger partial charge is 0.229 e. The Bertz CT molecular complexity index is 179. The summed E-state index contributed by atoms with van der Waals surface area (Å²) in [5.74, 6) is -0.0896. The molecule has 0 aliphatic rings. The van der Waals surface area contributed by atoms with E-state index in [0.29, 0.717) is 0 Å². The van der Waals surface area contributed by atoms with E-state index in [2.05, 4.69) is 50.5 Å². The molecule has 0 bridgehead atoms. The second-order valence-electron chi connectivity index (χ2n) is 2.04. The van der Waals surface area contributed by atoms with Crippen molar-refractivity contribution in [1.82, 2.24) is 0 Å². The number of sulfone groups is 1. The molecule has 11 heavy (non-hydrogen) atoms. The van der Waals surface area contributed by atoms with E-state index >= 15 is 0 Å². The van der Waals surface area contributed by atoms with Gasteiger partial charge in [0.05, 0.1) is 20.7 Å². The molecule has 2 nitrogen and oxygen atoms in total. The maximum Gasteiger partial charge on any atom is 0.154 e. The van der Waals surface area contributed by atoms with Crippen LogP contribution < -0.4 is 0 Å². The van der Waals surface area contributed by atoms with Crippen LogP contribution in [0.2, 0.25) is 0 Å². The predicted molar refractivity (Wildman–Crippen MR) is 62.2 cm³/mol. The summed E-state index contributed by atoms with van der Waals surface area (Å²) in [7, 11) is -3.09. The fourth-order valence-corrected chi connectivity index (χ4v) is 4.29. The van der Waals surface area contributed by atoms with Crippen molar-refractivity contribution < 1.29 is 8.42 Å². The molecule has 0 N–H and O–H groups in total. The summed E-state index contributed by atoms with van der Waals surface area (Å²) in [6, 6.07) is 0. The van der Waals surface area contributed by atoms with E-state index in [9.17, 15) is 8.42 Å². The highest BCUT2D eigenvalue weighted by atomic mass is 32.2. The fourth-order valence-electron chi connectivity index (χ4n) is 0.522. The summed E-state index contributed by atoms with van der Waals surface area (Å²) in [6.45, 7) is 0. The normalized spacial score (nSPS) is 12.9. The molecule has 0 spiro atoms. The first-order valence-electron chi connectivity index (χ1n) is 2.76. The Morgan fingerprint density at radius 2 is 1.18 bits per heavy atom. The third kappa shape index (κ3) is 7.70. The van der Waals surface area contributed by atoms with Gasteiger partial charge in [0.2, 0.25) is 0 Å². The van der Waals surface area contributed by atoms with Crippen molar-refractivity contribution in [3.63, 3.8) is 0 Å². The van der Waals surface area contributed by atoms with Gasteiger partial charge in [-0.15, -0.1) is 0 Å². The SMILES string of the molecule is O=S(=O)(CC(S)S)CC(S)S. The van der Waals surface area contributed by atoms with Crippen LogP contribution in [0.15, 0.2) is 0 Å². The topological polar surface area (TPSA) is 34.1 Å². The highest BCUT2D eigenvalue weighted by molar-refractivity contribution is 8.03. The van der Waals surface area contributed by atoms with Gasteiger partial charge in [-0.05, 0) is 0 Å². The molecule has 0 saturated heterocycles. The molecule has 0 fully saturated rings. The van der Waals surface area contributed by atoms with E-state index in [1.165, 1.54) is 0 Å². The van der Waals surface area contributed by atoms with E-state index in [1.807, 2.05) is 0 Å². The molecule has 0 unspecified atom stereocenters. The van der Waals surface area contributed by atoms with Crippen molar-refractivity contribution in [2.75, 3.05) is 11.5 Å². The van der Waals surface area contributed by atoms with E-state index in [1.54, 1.807) is 0 Å². The molecule has 68 valence electrons. The zero-order valence-corrected chi connectivity index (χ0v) is 9.98. The predicted octanol–water partition coefficient (Wildman–Crippen LogP) is 0.773. The van der Waals surface area contributed by atoms with Gasteiger partial charge in [-0.25, -0.2) is 8.42 Å². The lowest BCUT2D eigenvalue weighted by molar-refractivity contribution is 0.598. The Kier molecular flexibility index (Phi) is 5.79. The van der Waals surface area contributed by atoms with Gasteiger partial charge in [-0.2, -0.15) is 50.5 Å². The van der Waals surface area contributed by atoms with Gasteiger partial charge in [0.25, 0.3) is 0 Å². The average Bonchev–Trinajstić information content (AvgIpc) is 1.53. The Morgan fingerprint density at radius 1 is 0.909 bits per heavy atom. The van der Waals surface area contributed by atoms with Gasteiger partial charge < -0.3 is 0 Å². The van der Waals surface area contributed by atoms with Gasteiger partial charge in [0, 0.05) is 0 Å². The van der Waals surface area contributed by atoms with E-state index in [0.717, 1.165) is 0 Å². The molecule has 7 heteroatoms. The van der Waals surface area contributed by atoms with Crippen LogP contribution in [0.3, 0.4) is 0 Å². The molecular weight excluding hydrogens is 240 g/mol. The molecular formula is C4H10O2S5. The zero-order valence-electron chi connectivity index (χ0n) is 5.58.